The monoisotopic (exact) mass is 348 g/mol. The summed E-state index contributed by atoms with van der Waals surface area (Å²) in [5.41, 5.74) is 3.12. The van der Waals surface area contributed by atoms with E-state index in [0.717, 1.165) is 16.7 Å². The van der Waals surface area contributed by atoms with Gasteiger partial charge in [0.15, 0.2) is 5.03 Å². The van der Waals surface area contributed by atoms with Crippen molar-refractivity contribution in [3.8, 4) is 11.1 Å². The van der Waals surface area contributed by atoms with E-state index in [1.54, 1.807) is 35.0 Å². The molecule has 4 aromatic rings. The van der Waals surface area contributed by atoms with Gasteiger partial charge in [0, 0.05) is 18.0 Å². The molecule has 4 nitrogen and oxygen atoms in total. The smallest absolute Gasteiger partial charge is 0.226 e. The number of nitrogens with zero attached hydrogens (tertiary/aromatic N) is 2. The van der Waals surface area contributed by atoms with Crippen LogP contribution in [0.3, 0.4) is 0 Å². The van der Waals surface area contributed by atoms with Crippen molar-refractivity contribution in [1.82, 2.24) is 9.38 Å². The highest BCUT2D eigenvalue weighted by atomic mass is 32.2. The highest BCUT2D eigenvalue weighted by molar-refractivity contribution is 7.91. The number of aryl methyl sites for hydroxylation is 1. The molecule has 124 valence electrons. The molecule has 0 N–H and O–H groups in total. The zero-order chi connectivity index (χ0) is 17.4. The molecule has 2 heterocycles. The third-order valence-corrected chi connectivity index (χ3v) is 5.87. The largest absolute Gasteiger partial charge is 0.306 e. The molecule has 0 unspecified atom stereocenters. The first-order valence-corrected chi connectivity index (χ1v) is 9.39. The Balaban J connectivity index is 1.96. The van der Waals surface area contributed by atoms with E-state index in [9.17, 15) is 8.42 Å². The number of rotatable bonds is 3. The molecular weight excluding hydrogens is 332 g/mol. The minimum atomic E-state index is -3.73. The number of benzene rings is 2. The fourth-order valence-corrected chi connectivity index (χ4v) is 4.49. The van der Waals surface area contributed by atoms with Crippen molar-refractivity contribution in [1.29, 1.82) is 0 Å². The van der Waals surface area contributed by atoms with E-state index in [-0.39, 0.29) is 9.92 Å². The quantitative estimate of drug-likeness (QED) is 0.559. The van der Waals surface area contributed by atoms with Crippen LogP contribution >= 0.6 is 0 Å². The fraction of sp³-hybridized carbons (Fsp3) is 0.0500. The number of hydrogen-bond acceptors (Lipinski definition) is 3. The first-order valence-electron chi connectivity index (χ1n) is 7.91. The van der Waals surface area contributed by atoms with Crippen molar-refractivity contribution in [3.05, 3.63) is 84.7 Å². The van der Waals surface area contributed by atoms with E-state index in [1.165, 1.54) is 0 Å². The molecule has 5 heteroatoms. The minimum Gasteiger partial charge on any atom is -0.306 e. The maximum absolute atomic E-state index is 13.3. The summed E-state index contributed by atoms with van der Waals surface area (Å²) < 4.78 is 28.3. The summed E-state index contributed by atoms with van der Waals surface area (Å²) in [6, 6.07) is 20.4. The predicted octanol–water partition coefficient (Wildman–Crippen LogP) is 4.14. The Labute approximate surface area is 146 Å². The van der Waals surface area contributed by atoms with Gasteiger partial charge in [0.25, 0.3) is 0 Å². The van der Waals surface area contributed by atoms with Gasteiger partial charge in [0.05, 0.1) is 4.90 Å². The van der Waals surface area contributed by atoms with E-state index in [4.69, 9.17) is 0 Å². The van der Waals surface area contributed by atoms with Crippen LogP contribution in [0.25, 0.3) is 16.8 Å². The lowest BCUT2D eigenvalue weighted by molar-refractivity contribution is 0.593. The number of aromatic nitrogens is 2. The average molecular weight is 348 g/mol. The first-order chi connectivity index (χ1) is 12.1. The maximum Gasteiger partial charge on any atom is 0.226 e. The highest BCUT2D eigenvalue weighted by Gasteiger charge is 2.25. The zero-order valence-electron chi connectivity index (χ0n) is 13.6. The lowest BCUT2D eigenvalue weighted by Gasteiger charge is -2.12. The number of hydrogen-bond donors (Lipinski definition) is 0. The van der Waals surface area contributed by atoms with Gasteiger partial charge in [-0.1, -0.05) is 48.5 Å². The van der Waals surface area contributed by atoms with Crippen molar-refractivity contribution in [2.75, 3.05) is 0 Å². The van der Waals surface area contributed by atoms with E-state index >= 15 is 0 Å². The Bertz CT molecular complexity index is 1130. The summed E-state index contributed by atoms with van der Waals surface area (Å²) in [6.07, 6.45) is 3.34. The second-order valence-electron chi connectivity index (χ2n) is 5.86. The predicted molar refractivity (Wildman–Crippen MR) is 97.3 cm³/mol. The van der Waals surface area contributed by atoms with Crippen molar-refractivity contribution >= 4 is 15.5 Å². The van der Waals surface area contributed by atoms with Crippen LogP contribution in [0.5, 0.6) is 0 Å². The fourth-order valence-electron chi connectivity index (χ4n) is 2.99. The highest BCUT2D eigenvalue weighted by Crippen LogP contribution is 2.33. The van der Waals surface area contributed by atoms with Gasteiger partial charge in [-0.3, -0.25) is 0 Å². The summed E-state index contributed by atoms with van der Waals surface area (Å²) in [5.74, 6) is 0. The number of sulfone groups is 1. The molecule has 0 radical (unpaired) electrons. The van der Waals surface area contributed by atoms with Crippen LogP contribution in [0.1, 0.15) is 5.56 Å². The van der Waals surface area contributed by atoms with E-state index in [2.05, 4.69) is 4.98 Å². The van der Waals surface area contributed by atoms with Crippen molar-refractivity contribution in [2.45, 2.75) is 16.8 Å². The van der Waals surface area contributed by atoms with Gasteiger partial charge in [-0.25, -0.2) is 13.4 Å². The summed E-state index contributed by atoms with van der Waals surface area (Å²) in [6.45, 7) is 1.92. The molecule has 0 aliphatic heterocycles. The normalized spacial score (nSPS) is 11.7. The van der Waals surface area contributed by atoms with Gasteiger partial charge in [-0.15, -0.1) is 0 Å². The van der Waals surface area contributed by atoms with Gasteiger partial charge in [-0.2, -0.15) is 0 Å². The standard InChI is InChI=1S/C20H16N2O2S/c1-15-8-7-11-17(20(15)16-9-3-2-4-10-16)25(23,24)19-14-22-13-6-5-12-18(22)21-19/h2-14H,1H3. The van der Waals surface area contributed by atoms with Gasteiger partial charge in [0.1, 0.15) is 5.65 Å². The van der Waals surface area contributed by atoms with Crippen molar-refractivity contribution < 1.29 is 8.42 Å². The van der Waals surface area contributed by atoms with E-state index < -0.39 is 9.84 Å². The lowest BCUT2D eigenvalue weighted by Crippen LogP contribution is -2.05. The van der Waals surface area contributed by atoms with Crippen LogP contribution in [0.4, 0.5) is 0 Å². The molecule has 0 aliphatic carbocycles. The summed E-state index contributed by atoms with van der Waals surface area (Å²) in [5, 5.41) is 0.0569. The molecule has 4 rings (SSSR count). The van der Waals surface area contributed by atoms with Crippen LogP contribution < -0.4 is 0 Å². The molecule has 0 saturated heterocycles. The van der Waals surface area contributed by atoms with Crippen LogP contribution in [-0.2, 0) is 9.84 Å². The Morgan fingerprint density at radius 1 is 0.880 bits per heavy atom. The molecule has 0 aliphatic rings. The zero-order valence-corrected chi connectivity index (χ0v) is 14.4. The van der Waals surface area contributed by atoms with E-state index in [0.29, 0.717) is 5.65 Å². The van der Waals surface area contributed by atoms with Gasteiger partial charge >= 0.3 is 0 Å². The summed E-state index contributed by atoms with van der Waals surface area (Å²) >= 11 is 0. The van der Waals surface area contributed by atoms with Crippen LogP contribution in [0, 0.1) is 6.92 Å². The third kappa shape index (κ3) is 2.62. The summed E-state index contributed by atoms with van der Waals surface area (Å²) in [7, 11) is -3.73. The molecular formula is C20H16N2O2S. The van der Waals surface area contributed by atoms with Gasteiger partial charge in [-0.05, 0) is 36.2 Å². The van der Waals surface area contributed by atoms with E-state index in [1.807, 2.05) is 55.5 Å². The Morgan fingerprint density at radius 2 is 1.64 bits per heavy atom. The van der Waals surface area contributed by atoms with Gasteiger partial charge in [0.2, 0.25) is 9.84 Å². The molecule has 25 heavy (non-hydrogen) atoms. The maximum atomic E-state index is 13.3. The SMILES string of the molecule is Cc1cccc(S(=O)(=O)c2cn3ccccc3n2)c1-c1ccccc1. The van der Waals surface area contributed by atoms with Gasteiger partial charge < -0.3 is 4.40 Å². The second kappa shape index (κ2) is 5.86. The lowest BCUT2D eigenvalue weighted by atomic mass is 10.0. The number of pyridine rings is 1. The summed E-state index contributed by atoms with van der Waals surface area (Å²) in [4.78, 5) is 4.58. The molecule has 0 bridgehead atoms. The molecule has 2 aromatic heterocycles. The molecule has 0 spiro atoms. The Hall–Kier alpha value is -2.92. The van der Waals surface area contributed by atoms with Crippen LogP contribution in [0.2, 0.25) is 0 Å². The molecule has 0 atom stereocenters. The first kappa shape index (κ1) is 15.6. The Kier molecular flexibility index (Phi) is 3.66. The van der Waals surface area contributed by atoms with Crippen molar-refractivity contribution in [2.24, 2.45) is 0 Å². The number of fused-ring (bicyclic) bond motifs is 1. The second-order valence-corrected chi connectivity index (χ2v) is 7.73. The Morgan fingerprint density at radius 3 is 2.40 bits per heavy atom. The molecule has 2 aromatic carbocycles. The average Bonchev–Trinajstić information content (AvgIpc) is 3.07. The molecule has 0 amide bonds. The van der Waals surface area contributed by atoms with Crippen LogP contribution in [-0.4, -0.2) is 17.8 Å². The molecule has 0 fully saturated rings. The number of imidazole rings is 1. The minimum absolute atomic E-state index is 0.0569. The molecule has 0 saturated carbocycles. The topological polar surface area (TPSA) is 51.4 Å². The van der Waals surface area contributed by atoms with Crippen LogP contribution in [0.15, 0.2) is 89.0 Å². The third-order valence-electron chi connectivity index (χ3n) is 4.20. The van der Waals surface area contributed by atoms with Crippen molar-refractivity contribution in [3.63, 3.8) is 0 Å².